The molecule has 0 spiro atoms. The first kappa shape index (κ1) is 64.1. The number of piperazine rings is 2. The van der Waals surface area contributed by atoms with Gasteiger partial charge in [-0.1, -0.05) is 73.7 Å². The summed E-state index contributed by atoms with van der Waals surface area (Å²) in [5.74, 6) is -0.0212. The number of hydrogen-bond acceptors (Lipinski definition) is 14. The SMILES string of the molecule is C=CCN(c1cc(C(=O)N2CCN(c3ccccc3S(N)(=O)=O)CC2)c(C)cc1C)C1CCN(c2ccccc2C#N)CC1.CCCN(c1cc(C(=O)N2CCN(c3ccccc3S(N)(=O)=O)CC2)c(C)cc1C)C1CCN(c2ccccc2C#N)CC1. The highest BCUT2D eigenvalue weighted by Crippen LogP contribution is 2.36. The molecule has 0 radical (unpaired) electrons. The van der Waals surface area contributed by atoms with Crippen LogP contribution in [0.15, 0.2) is 144 Å². The Hall–Kier alpha value is -8.40. The second-order valence-corrected chi connectivity index (χ2v) is 26.4. The molecule has 0 unspecified atom stereocenters. The molecule has 20 heteroatoms. The topological polar surface area (TPSA) is 228 Å². The van der Waals surface area contributed by atoms with Gasteiger partial charge in [-0.2, -0.15) is 10.5 Å². The van der Waals surface area contributed by atoms with Crippen LogP contribution in [0.2, 0.25) is 0 Å². The lowest BCUT2D eigenvalue weighted by Gasteiger charge is -2.41. The van der Waals surface area contributed by atoms with Crippen LogP contribution in [-0.2, 0) is 20.0 Å². The summed E-state index contributed by atoms with van der Waals surface area (Å²) in [4.78, 5) is 45.1. The predicted octanol–water partition coefficient (Wildman–Crippen LogP) is 9.12. The summed E-state index contributed by atoms with van der Waals surface area (Å²) in [6.45, 7) is 23.4. The molecule has 6 aromatic carbocycles. The first-order valence-corrected chi connectivity index (χ1v) is 33.5. The zero-order chi connectivity index (χ0) is 62.9. The third-order valence-electron chi connectivity index (χ3n) is 17.7. The van der Waals surface area contributed by atoms with Gasteiger partial charge in [0.1, 0.15) is 21.9 Å². The molecule has 4 aliphatic rings. The Bertz CT molecular complexity index is 3830. The van der Waals surface area contributed by atoms with E-state index in [1.807, 2.05) is 94.1 Å². The van der Waals surface area contributed by atoms with Gasteiger partial charge in [-0.05, 0) is 143 Å². The van der Waals surface area contributed by atoms with Gasteiger partial charge in [0, 0.05) is 126 Å². The number of rotatable bonds is 16. The standard InChI is InChI=1S/C34H42N6O3S.C34H40N6O3S/c2*1-4-15-40(28-13-16-37(17-14-28)30-10-6-5-9-27(30)24-35)32-23-29(25(2)22-26(32)3)34(41)39-20-18-38(19-21-39)31-11-7-8-12-33(31)44(36,42)43/h5-12,22-23,28H,4,13-21H2,1-3H3,(H2,36,42,43);4-12,22-23,28H,1,13-21H2,2-3H3,(H2,36,42,43). The molecule has 0 saturated carbocycles. The van der Waals surface area contributed by atoms with Crippen LogP contribution in [0.1, 0.15) is 93.1 Å². The Morgan fingerprint density at radius 1 is 0.511 bits per heavy atom. The van der Waals surface area contributed by atoms with E-state index in [0.29, 0.717) is 98.6 Å². The number of aryl methyl sites for hydroxylation is 4. The molecular weight excluding hydrogens is 1140 g/mol. The van der Waals surface area contributed by atoms with Crippen LogP contribution < -0.4 is 39.7 Å². The summed E-state index contributed by atoms with van der Waals surface area (Å²) in [5.41, 5.74) is 12.2. The van der Waals surface area contributed by atoms with E-state index in [0.717, 1.165) is 110 Å². The van der Waals surface area contributed by atoms with E-state index in [-0.39, 0.29) is 27.6 Å². The molecule has 0 bridgehead atoms. The molecular formula is C68H82N12O6S2. The van der Waals surface area contributed by atoms with Crippen molar-refractivity contribution in [1.82, 2.24) is 9.80 Å². The van der Waals surface area contributed by atoms with E-state index in [4.69, 9.17) is 10.3 Å². The number of carbonyl (C=O) groups is 2. The van der Waals surface area contributed by atoms with Gasteiger partial charge in [0.05, 0.1) is 33.9 Å². The number of nitrogens with two attached hydrogens (primary N) is 2. The molecule has 0 aromatic heterocycles. The van der Waals surface area contributed by atoms with E-state index in [9.17, 15) is 36.9 Å². The number of anilines is 6. The predicted molar refractivity (Wildman–Crippen MR) is 352 cm³/mol. The van der Waals surface area contributed by atoms with Gasteiger partial charge in [-0.15, -0.1) is 6.58 Å². The smallest absolute Gasteiger partial charge is 0.254 e. The van der Waals surface area contributed by atoms with Crippen molar-refractivity contribution >= 4 is 66.0 Å². The van der Waals surface area contributed by atoms with Crippen molar-refractivity contribution in [2.24, 2.45) is 10.3 Å². The number of nitriles is 2. The van der Waals surface area contributed by atoms with Crippen LogP contribution in [0, 0.1) is 50.4 Å². The zero-order valence-corrected chi connectivity index (χ0v) is 52.9. The van der Waals surface area contributed by atoms with Crippen LogP contribution in [-0.4, -0.2) is 142 Å². The molecule has 4 aliphatic heterocycles. The number of carbonyl (C=O) groups excluding carboxylic acids is 2. The number of nitrogens with zero attached hydrogens (tertiary/aromatic N) is 10. The number of sulfonamides is 2. The molecule has 10 rings (SSSR count). The first-order valence-electron chi connectivity index (χ1n) is 30.4. The van der Waals surface area contributed by atoms with Crippen LogP contribution in [0.25, 0.3) is 0 Å². The molecule has 4 N–H and O–H groups in total. The minimum absolute atomic E-state index is 0.00232. The van der Waals surface area contributed by atoms with Gasteiger partial charge in [0.15, 0.2) is 0 Å². The Kier molecular flexibility index (Phi) is 20.5. The monoisotopic (exact) mass is 1230 g/mol. The highest BCUT2D eigenvalue weighted by molar-refractivity contribution is 7.89. The molecule has 0 atom stereocenters. The number of primary sulfonamides is 2. The highest BCUT2D eigenvalue weighted by Gasteiger charge is 2.33. The van der Waals surface area contributed by atoms with Gasteiger partial charge in [-0.25, -0.2) is 27.1 Å². The van der Waals surface area contributed by atoms with Crippen molar-refractivity contribution in [2.75, 3.05) is 121 Å². The summed E-state index contributed by atoms with van der Waals surface area (Å²) in [6.07, 6.45) is 6.70. The zero-order valence-electron chi connectivity index (χ0n) is 51.3. The van der Waals surface area contributed by atoms with E-state index in [1.54, 1.807) is 36.4 Å². The molecule has 2 amide bonds. The maximum Gasteiger partial charge on any atom is 0.254 e. The van der Waals surface area contributed by atoms with E-state index in [2.05, 4.69) is 77.3 Å². The van der Waals surface area contributed by atoms with Crippen LogP contribution in [0.3, 0.4) is 0 Å². The molecule has 0 aliphatic carbocycles. The lowest BCUT2D eigenvalue weighted by atomic mass is 9.97. The highest BCUT2D eigenvalue weighted by atomic mass is 32.2. The quantitative estimate of drug-likeness (QED) is 0.0862. The minimum Gasteiger partial charge on any atom is -0.370 e. The maximum atomic E-state index is 13.9. The van der Waals surface area contributed by atoms with Crippen molar-refractivity contribution in [1.29, 1.82) is 10.5 Å². The Labute approximate surface area is 520 Å². The fourth-order valence-electron chi connectivity index (χ4n) is 13.2. The number of para-hydroxylation sites is 4. The number of amides is 2. The first-order chi connectivity index (χ1) is 42.2. The van der Waals surface area contributed by atoms with E-state index < -0.39 is 20.0 Å². The normalized spacial score (nSPS) is 16.1. The molecule has 18 nitrogen and oxygen atoms in total. The number of piperidine rings is 2. The Balaban J connectivity index is 0.000000209. The van der Waals surface area contributed by atoms with E-state index >= 15 is 0 Å². The van der Waals surface area contributed by atoms with Crippen molar-refractivity contribution in [2.45, 2.75) is 88.6 Å². The van der Waals surface area contributed by atoms with Crippen molar-refractivity contribution in [3.8, 4) is 12.1 Å². The molecule has 4 saturated heterocycles. The average Bonchev–Trinajstić information content (AvgIpc) is 3.71. The third kappa shape index (κ3) is 14.4. The fraction of sp³-hybridized carbons (Fsp3) is 0.382. The summed E-state index contributed by atoms with van der Waals surface area (Å²) in [6, 6.07) is 42.6. The summed E-state index contributed by atoms with van der Waals surface area (Å²) in [5, 5.41) is 30.1. The lowest BCUT2D eigenvalue weighted by molar-refractivity contribution is 0.0738. The average molecular weight is 1230 g/mol. The minimum atomic E-state index is -3.86. The van der Waals surface area contributed by atoms with Crippen molar-refractivity contribution in [3.63, 3.8) is 0 Å². The van der Waals surface area contributed by atoms with Gasteiger partial charge < -0.3 is 39.2 Å². The second-order valence-electron chi connectivity index (χ2n) is 23.3. The summed E-state index contributed by atoms with van der Waals surface area (Å²) >= 11 is 0. The fourth-order valence-corrected chi connectivity index (χ4v) is 14.7. The Morgan fingerprint density at radius 2 is 0.852 bits per heavy atom. The molecule has 462 valence electrons. The van der Waals surface area contributed by atoms with Gasteiger partial charge in [-0.3, -0.25) is 9.59 Å². The largest absolute Gasteiger partial charge is 0.370 e. The van der Waals surface area contributed by atoms with Gasteiger partial charge in [0.2, 0.25) is 20.0 Å². The van der Waals surface area contributed by atoms with Crippen molar-refractivity contribution in [3.05, 3.63) is 178 Å². The van der Waals surface area contributed by atoms with Crippen LogP contribution in [0.4, 0.5) is 34.1 Å². The second kappa shape index (κ2) is 28.2. The number of benzene rings is 6. The van der Waals surface area contributed by atoms with Crippen LogP contribution >= 0.6 is 0 Å². The van der Waals surface area contributed by atoms with Gasteiger partial charge >= 0.3 is 0 Å². The van der Waals surface area contributed by atoms with Crippen molar-refractivity contribution < 1.29 is 26.4 Å². The van der Waals surface area contributed by atoms with E-state index in [1.165, 1.54) is 12.1 Å². The Morgan fingerprint density at radius 3 is 1.22 bits per heavy atom. The summed E-state index contributed by atoms with van der Waals surface area (Å²) < 4.78 is 48.6. The molecule has 6 aromatic rings. The van der Waals surface area contributed by atoms with Gasteiger partial charge in [0.25, 0.3) is 11.8 Å². The summed E-state index contributed by atoms with van der Waals surface area (Å²) in [7, 11) is -7.72. The molecule has 4 fully saturated rings. The van der Waals surface area contributed by atoms with Crippen LogP contribution in [0.5, 0.6) is 0 Å². The maximum absolute atomic E-state index is 13.9. The number of hydrogen-bond donors (Lipinski definition) is 2. The molecule has 4 heterocycles. The lowest BCUT2D eigenvalue weighted by Crippen LogP contribution is -2.49. The third-order valence-corrected chi connectivity index (χ3v) is 19.6. The molecule has 88 heavy (non-hydrogen) atoms.